The minimum atomic E-state index is -1.06. The smallest absolute Gasteiger partial charge is 0.246 e. The van der Waals surface area contributed by atoms with E-state index in [0.717, 1.165) is 105 Å². The zero-order valence-corrected chi connectivity index (χ0v) is 33.0. The summed E-state index contributed by atoms with van der Waals surface area (Å²) in [5.41, 5.74) is 2.79. The standard InChI is InChI=1S/C26H35N5O4S.C11H14ClN3O2S/c1-34-17-22(32)27-18-26(19-5-3-2-4-6-19)10-12-31(13-11-26)25-29-21-9-16-36(33)23(21)24(30-25)28-20-7-14-35-15-8-20;12-11-14-8-3-6-18(16)9(8)10(15-11)13-7-1-4-17-5-2-7/h2-6,20H,7-18H2,1H3,(H,27,32)(H,28,29,30);7H,1-6H2,(H,13,14,15). The van der Waals surface area contributed by atoms with Gasteiger partial charge >= 0.3 is 0 Å². The number of rotatable bonds is 10. The van der Waals surface area contributed by atoms with Crippen molar-refractivity contribution < 1.29 is 27.4 Å². The fourth-order valence-electron chi connectivity index (χ4n) is 7.70. The number of hydrogen-bond acceptors (Lipinski definition) is 13. The molecule has 5 aliphatic heterocycles. The van der Waals surface area contributed by atoms with Crippen molar-refractivity contribution in [3.63, 3.8) is 0 Å². The van der Waals surface area contributed by atoms with Crippen LogP contribution in [0.1, 0.15) is 55.5 Å². The monoisotopic (exact) mass is 800 g/mol. The number of carbonyl (C=O) groups excluding carboxylic acids is 1. The van der Waals surface area contributed by atoms with Gasteiger partial charge in [-0.25, -0.2) is 9.97 Å². The van der Waals surface area contributed by atoms with Gasteiger partial charge in [-0.2, -0.15) is 9.97 Å². The molecule has 5 aliphatic rings. The molecule has 54 heavy (non-hydrogen) atoms. The summed E-state index contributed by atoms with van der Waals surface area (Å²) in [5.74, 6) is 3.19. The van der Waals surface area contributed by atoms with Crippen molar-refractivity contribution in [1.82, 2.24) is 25.3 Å². The van der Waals surface area contributed by atoms with Crippen molar-refractivity contribution in [2.75, 3.05) is 86.8 Å². The average Bonchev–Trinajstić information content (AvgIpc) is 3.77. The average molecular weight is 801 g/mol. The fourth-order valence-corrected chi connectivity index (χ4v) is 10.5. The summed E-state index contributed by atoms with van der Waals surface area (Å²) in [6, 6.07) is 11.0. The molecule has 0 spiro atoms. The SMILES string of the molecule is COCC(=O)NCC1(c2ccccc2)CCN(c2nc3c(c(NC4CCOCC4)n2)S(=O)CC3)CC1.O=S1CCc2nc(Cl)nc(NC3CCOCC3)c21. The van der Waals surface area contributed by atoms with E-state index in [1.807, 2.05) is 6.07 Å². The molecule has 3 N–H and O–H groups in total. The van der Waals surface area contributed by atoms with Crippen LogP contribution in [0.5, 0.6) is 0 Å². The Labute approximate surface area is 326 Å². The number of piperidine rings is 1. The van der Waals surface area contributed by atoms with Crippen LogP contribution in [0.15, 0.2) is 40.1 Å². The summed E-state index contributed by atoms with van der Waals surface area (Å²) in [5, 5.41) is 10.2. The number of carbonyl (C=O) groups is 1. The third-order valence-corrected chi connectivity index (χ3v) is 13.8. The van der Waals surface area contributed by atoms with Crippen molar-refractivity contribution in [1.29, 1.82) is 0 Å². The predicted octanol–water partition coefficient (Wildman–Crippen LogP) is 3.42. The molecular weight excluding hydrogens is 752 g/mol. The van der Waals surface area contributed by atoms with Crippen molar-refractivity contribution in [3.05, 3.63) is 52.6 Å². The molecule has 0 bridgehead atoms. The van der Waals surface area contributed by atoms with Crippen LogP contribution in [0.3, 0.4) is 0 Å². The largest absolute Gasteiger partial charge is 0.381 e. The van der Waals surface area contributed by atoms with Gasteiger partial charge in [-0.05, 0) is 55.7 Å². The summed E-state index contributed by atoms with van der Waals surface area (Å²) in [4.78, 5) is 34.1. The second-order valence-electron chi connectivity index (χ2n) is 14.3. The first-order valence-corrected chi connectivity index (χ1v) is 21.8. The molecule has 2 unspecified atom stereocenters. The molecule has 17 heteroatoms. The number of benzene rings is 1. The van der Waals surface area contributed by atoms with E-state index in [9.17, 15) is 13.2 Å². The van der Waals surface area contributed by atoms with Crippen LogP contribution in [-0.4, -0.2) is 118 Å². The zero-order chi connectivity index (χ0) is 37.5. The molecule has 1 aromatic carbocycles. The molecule has 0 saturated carbocycles. The van der Waals surface area contributed by atoms with Gasteiger partial charge in [0, 0.05) is 95.0 Å². The number of aromatic nitrogens is 4. The van der Waals surface area contributed by atoms with Crippen LogP contribution in [0.2, 0.25) is 5.28 Å². The summed E-state index contributed by atoms with van der Waals surface area (Å²) < 4.78 is 40.5. The Balaban J connectivity index is 0.000000208. The lowest BCUT2D eigenvalue weighted by Gasteiger charge is -2.42. The van der Waals surface area contributed by atoms with E-state index in [2.05, 4.69) is 55.1 Å². The molecule has 2 aromatic heterocycles. The summed E-state index contributed by atoms with van der Waals surface area (Å²) in [7, 11) is -0.530. The molecule has 2 atom stereocenters. The van der Waals surface area contributed by atoms with Crippen LogP contribution in [0.4, 0.5) is 17.6 Å². The number of nitrogens with zero attached hydrogens (tertiary/aromatic N) is 5. The van der Waals surface area contributed by atoms with Crippen LogP contribution < -0.4 is 20.9 Å². The van der Waals surface area contributed by atoms with Gasteiger partial charge in [0.15, 0.2) is 0 Å². The van der Waals surface area contributed by atoms with Gasteiger partial charge in [-0.3, -0.25) is 13.2 Å². The van der Waals surface area contributed by atoms with Gasteiger partial charge in [0.25, 0.3) is 0 Å². The number of methoxy groups -OCH3 is 1. The Morgan fingerprint density at radius 1 is 0.852 bits per heavy atom. The van der Waals surface area contributed by atoms with E-state index in [1.165, 1.54) is 12.7 Å². The van der Waals surface area contributed by atoms with Crippen molar-refractivity contribution in [3.8, 4) is 0 Å². The first kappa shape index (κ1) is 39.0. The van der Waals surface area contributed by atoms with Crippen LogP contribution in [-0.2, 0) is 58.9 Å². The third-order valence-electron chi connectivity index (χ3n) is 10.7. The highest BCUT2D eigenvalue weighted by Gasteiger charge is 2.38. The fraction of sp³-hybridized carbons (Fsp3) is 0.595. The van der Waals surface area contributed by atoms with E-state index in [1.54, 1.807) is 0 Å². The number of aryl methyl sites for hydroxylation is 2. The second-order valence-corrected chi connectivity index (χ2v) is 17.6. The number of fused-ring (bicyclic) bond motifs is 2. The number of halogens is 1. The first-order valence-electron chi connectivity index (χ1n) is 18.8. The Morgan fingerprint density at radius 2 is 1.41 bits per heavy atom. The molecule has 3 aromatic rings. The number of hydrogen-bond donors (Lipinski definition) is 3. The molecule has 3 saturated heterocycles. The lowest BCUT2D eigenvalue weighted by atomic mass is 9.72. The van der Waals surface area contributed by atoms with E-state index >= 15 is 0 Å². The highest BCUT2D eigenvalue weighted by Crippen LogP contribution is 2.38. The Kier molecular flexibility index (Phi) is 13.1. The highest BCUT2D eigenvalue weighted by atomic mass is 35.5. The Hall–Kier alpha value is -3.28. The molecule has 7 heterocycles. The summed E-state index contributed by atoms with van der Waals surface area (Å²) >= 11 is 5.91. The van der Waals surface area contributed by atoms with E-state index in [4.69, 9.17) is 35.8 Å². The van der Waals surface area contributed by atoms with E-state index in [0.29, 0.717) is 48.7 Å². The van der Waals surface area contributed by atoms with Gasteiger partial charge in [0.1, 0.15) is 28.0 Å². The molecule has 3 fully saturated rings. The minimum absolute atomic E-state index is 0.0597. The number of ether oxygens (including phenoxy) is 3. The number of amides is 1. The molecule has 1 amide bonds. The quantitative estimate of drug-likeness (QED) is 0.256. The predicted molar refractivity (Wildman–Crippen MR) is 208 cm³/mol. The van der Waals surface area contributed by atoms with Gasteiger partial charge < -0.3 is 35.1 Å². The normalized spacial score (nSPS) is 22.4. The van der Waals surface area contributed by atoms with Gasteiger partial charge in [-0.1, -0.05) is 30.3 Å². The molecule has 0 aliphatic carbocycles. The zero-order valence-electron chi connectivity index (χ0n) is 30.6. The lowest BCUT2D eigenvalue weighted by Crippen LogP contribution is -2.50. The van der Waals surface area contributed by atoms with Crippen LogP contribution >= 0.6 is 11.6 Å². The van der Waals surface area contributed by atoms with E-state index < -0.39 is 21.6 Å². The van der Waals surface area contributed by atoms with Gasteiger partial charge in [0.2, 0.25) is 17.1 Å². The number of anilines is 3. The second kappa shape index (κ2) is 18.1. The maximum Gasteiger partial charge on any atom is 0.246 e. The maximum absolute atomic E-state index is 12.7. The third kappa shape index (κ3) is 9.22. The van der Waals surface area contributed by atoms with Crippen molar-refractivity contribution in [2.45, 2.75) is 78.7 Å². The van der Waals surface area contributed by atoms with Crippen molar-refractivity contribution in [2.24, 2.45) is 0 Å². The van der Waals surface area contributed by atoms with Crippen molar-refractivity contribution >= 4 is 56.7 Å². The minimum Gasteiger partial charge on any atom is -0.381 e. The summed E-state index contributed by atoms with van der Waals surface area (Å²) in [6.07, 6.45) is 6.85. The molecule has 0 radical (unpaired) electrons. The molecule has 14 nitrogen and oxygen atoms in total. The lowest BCUT2D eigenvalue weighted by molar-refractivity contribution is -0.125. The molecule has 292 valence electrons. The highest BCUT2D eigenvalue weighted by molar-refractivity contribution is 7.85. The van der Waals surface area contributed by atoms with E-state index in [-0.39, 0.29) is 29.3 Å². The number of nitrogens with one attached hydrogen (secondary N) is 3. The van der Waals surface area contributed by atoms with Gasteiger partial charge in [0.05, 0.1) is 33.0 Å². The van der Waals surface area contributed by atoms with Gasteiger partial charge in [-0.15, -0.1) is 0 Å². The Morgan fingerprint density at radius 3 is 1.98 bits per heavy atom. The first-order chi connectivity index (χ1) is 26.3. The Bertz CT molecular complexity index is 1820. The maximum atomic E-state index is 12.7. The van der Waals surface area contributed by atoms with Crippen LogP contribution in [0, 0.1) is 0 Å². The molecular formula is C37H49ClN8O6S2. The molecule has 8 rings (SSSR count). The topological polar surface area (TPSA) is 170 Å². The summed E-state index contributed by atoms with van der Waals surface area (Å²) in [6.45, 7) is 5.13. The van der Waals surface area contributed by atoms with Crippen LogP contribution in [0.25, 0.3) is 0 Å².